The number of ether oxygens (including phenoxy) is 1. The van der Waals surface area contributed by atoms with E-state index in [9.17, 15) is 9.90 Å². The normalized spacial score (nSPS) is 14.2. The van der Waals surface area contributed by atoms with Gasteiger partial charge >= 0.3 is 5.97 Å². The maximum Gasteiger partial charge on any atom is 0.339 e. The van der Waals surface area contributed by atoms with Gasteiger partial charge in [0.2, 0.25) is 0 Å². The van der Waals surface area contributed by atoms with Gasteiger partial charge in [-0.25, -0.2) is 4.79 Å². The van der Waals surface area contributed by atoms with Crippen molar-refractivity contribution in [2.24, 2.45) is 0 Å². The Hall–Kier alpha value is -1.26. The maximum absolute atomic E-state index is 10.6. The quantitative estimate of drug-likeness (QED) is 0.849. The van der Waals surface area contributed by atoms with E-state index in [0.29, 0.717) is 10.8 Å². The van der Waals surface area contributed by atoms with Crippen molar-refractivity contribution in [1.82, 2.24) is 0 Å². The molecule has 1 rings (SSSR count). The molecule has 0 saturated carbocycles. The summed E-state index contributed by atoms with van der Waals surface area (Å²) in [7, 11) is 0. The van der Waals surface area contributed by atoms with Crippen molar-refractivity contribution in [2.45, 2.75) is 19.4 Å². The first-order chi connectivity index (χ1) is 7.33. The van der Waals surface area contributed by atoms with Gasteiger partial charge in [0.25, 0.3) is 0 Å². The van der Waals surface area contributed by atoms with Gasteiger partial charge in [0.1, 0.15) is 12.4 Å². The average molecular weight is 245 g/mol. The Bertz CT molecular complexity index is 401. The standard InChI is InChI=1S/C11H13ClO4/c1-7-5-8(12)3-4-9(7)16-6-11(2,15)10(13)14/h3-5,15H,6H2,1-2H3,(H,13,14). The molecular weight excluding hydrogens is 232 g/mol. The second-order valence-electron chi connectivity index (χ2n) is 3.78. The molecule has 1 atom stereocenters. The molecule has 88 valence electrons. The van der Waals surface area contributed by atoms with E-state index in [1.807, 2.05) is 0 Å². The topological polar surface area (TPSA) is 66.8 Å². The molecule has 16 heavy (non-hydrogen) atoms. The van der Waals surface area contributed by atoms with Gasteiger partial charge in [0.05, 0.1) is 0 Å². The monoisotopic (exact) mass is 244 g/mol. The van der Waals surface area contributed by atoms with Crippen LogP contribution < -0.4 is 4.74 Å². The minimum absolute atomic E-state index is 0.315. The first kappa shape index (κ1) is 12.8. The van der Waals surface area contributed by atoms with Crippen LogP contribution in [-0.2, 0) is 4.79 Å². The molecule has 1 aromatic rings. The highest BCUT2D eigenvalue weighted by molar-refractivity contribution is 6.30. The van der Waals surface area contributed by atoms with E-state index in [0.717, 1.165) is 5.56 Å². The molecule has 4 nitrogen and oxygen atoms in total. The first-order valence-corrected chi connectivity index (χ1v) is 5.05. The molecule has 0 amide bonds. The largest absolute Gasteiger partial charge is 0.490 e. The minimum atomic E-state index is -1.90. The maximum atomic E-state index is 10.6. The van der Waals surface area contributed by atoms with E-state index in [2.05, 4.69) is 0 Å². The number of hydrogen-bond donors (Lipinski definition) is 2. The molecule has 1 unspecified atom stereocenters. The Morgan fingerprint density at radius 3 is 2.69 bits per heavy atom. The molecule has 0 radical (unpaired) electrons. The smallest absolute Gasteiger partial charge is 0.339 e. The lowest BCUT2D eigenvalue weighted by atomic mass is 10.1. The van der Waals surface area contributed by atoms with Crippen molar-refractivity contribution in [3.8, 4) is 5.75 Å². The molecular formula is C11H13ClO4. The Morgan fingerprint density at radius 2 is 2.19 bits per heavy atom. The fourth-order valence-corrected chi connectivity index (χ4v) is 1.28. The zero-order valence-corrected chi connectivity index (χ0v) is 9.78. The molecule has 2 N–H and O–H groups in total. The average Bonchev–Trinajstić information content (AvgIpc) is 2.16. The van der Waals surface area contributed by atoms with Crippen LogP contribution in [-0.4, -0.2) is 28.4 Å². The number of aliphatic carboxylic acids is 1. The van der Waals surface area contributed by atoms with Gasteiger partial charge in [0, 0.05) is 5.02 Å². The number of carboxylic acid groups (broad SMARTS) is 1. The third-order valence-electron chi connectivity index (χ3n) is 2.11. The van der Waals surface area contributed by atoms with Crippen molar-refractivity contribution in [3.63, 3.8) is 0 Å². The number of aliphatic hydroxyl groups is 1. The summed E-state index contributed by atoms with van der Waals surface area (Å²) in [5.74, 6) is -0.815. The van der Waals surface area contributed by atoms with Crippen molar-refractivity contribution >= 4 is 17.6 Å². The second kappa shape index (κ2) is 4.72. The summed E-state index contributed by atoms with van der Waals surface area (Å²) in [6.45, 7) is 2.65. The Morgan fingerprint density at radius 1 is 1.56 bits per heavy atom. The number of rotatable bonds is 4. The highest BCUT2D eigenvalue weighted by Crippen LogP contribution is 2.22. The number of aryl methyl sites for hydroxylation is 1. The number of halogens is 1. The molecule has 0 aromatic heterocycles. The highest BCUT2D eigenvalue weighted by atomic mass is 35.5. The predicted octanol–water partition coefficient (Wildman–Crippen LogP) is 1.86. The van der Waals surface area contributed by atoms with Crippen LogP contribution in [0.15, 0.2) is 18.2 Å². The zero-order chi connectivity index (χ0) is 12.3. The van der Waals surface area contributed by atoms with Gasteiger partial charge < -0.3 is 14.9 Å². The van der Waals surface area contributed by atoms with Gasteiger partial charge in [-0.15, -0.1) is 0 Å². The highest BCUT2D eigenvalue weighted by Gasteiger charge is 2.31. The summed E-state index contributed by atoms with van der Waals surface area (Å²) >= 11 is 5.76. The van der Waals surface area contributed by atoms with E-state index < -0.39 is 11.6 Å². The molecule has 0 heterocycles. The van der Waals surface area contributed by atoms with Gasteiger partial charge in [-0.2, -0.15) is 0 Å². The van der Waals surface area contributed by atoms with Crippen LogP contribution in [0.5, 0.6) is 5.75 Å². The lowest BCUT2D eigenvalue weighted by molar-refractivity contribution is -0.159. The minimum Gasteiger partial charge on any atom is -0.490 e. The van der Waals surface area contributed by atoms with Crippen molar-refractivity contribution in [1.29, 1.82) is 0 Å². The second-order valence-corrected chi connectivity index (χ2v) is 4.21. The molecule has 0 aliphatic rings. The van der Waals surface area contributed by atoms with E-state index >= 15 is 0 Å². The van der Waals surface area contributed by atoms with Crippen LogP contribution in [0.3, 0.4) is 0 Å². The third kappa shape index (κ3) is 3.12. The SMILES string of the molecule is Cc1cc(Cl)ccc1OCC(C)(O)C(=O)O. The lowest BCUT2D eigenvalue weighted by Crippen LogP contribution is -2.41. The van der Waals surface area contributed by atoms with Gasteiger partial charge in [-0.1, -0.05) is 11.6 Å². The Labute approximate surface area is 98.4 Å². The predicted molar refractivity (Wildman–Crippen MR) is 59.9 cm³/mol. The zero-order valence-electron chi connectivity index (χ0n) is 9.03. The van der Waals surface area contributed by atoms with Gasteiger partial charge in [0.15, 0.2) is 5.60 Å². The molecule has 0 spiro atoms. The van der Waals surface area contributed by atoms with E-state index in [1.54, 1.807) is 25.1 Å². The van der Waals surface area contributed by atoms with E-state index in [-0.39, 0.29) is 6.61 Å². The molecule has 1 aromatic carbocycles. The van der Waals surface area contributed by atoms with Crippen LogP contribution in [0.2, 0.25) is 5.02 Å². The van der Waals surface area contributed by atoms with Crippen LogP contribution in [0.1, 0.15) is 12.5 Å². The number of carbonyl (C=O) groups is 1. The summed E-state index contributed by atoms with van der Waals surface area (Å²) in [5, 5.41) is 18.7. The van der Waals surface area contributed by atoms with Gasteiger partial charge in [-0.05, 0) is 37.6 Å². The van der Waals surface area contributed by atoms with Crippen molar-refractivity contribution in [2.75, 3.05) is 6.61 Å². The lowest BCUT2D eigenvalue weighted by Gasteiger charge is -2.19. The molecule has 0 fully saturated rings. The fourth-order valence-electron chi connectivity index (χ4n) is 1.05. The Kier molecular flexibility index (Phi) is 3.78. The number of hydrogen-bond acceptors (Lipinski definition) is 3. The molecule has 0 aliphatic heterocycles. The Balaban J connectivity index is 2.72. The summed E-state index contributed by atoms with van der Waals surface area (Å²) in [5.41, 5.74) is -1.11. The van der Waals surface area contributed by atoms with E-state index in [4.69, 9.17) is 21.4 Å². The third-order valence-corrected chi connectivity index (χ3v) is 2.34. The molecule has 0 bridgehead atoms. The summed E-state index contributed by atoms with van der Waals surface area (Å²) in [4.78, 5) is 10.6. The number of carboxylic acids is 1. The van der Waals surface area contributed by atoms with Crippen LogP contribution >= 0.6 is 11.6 Å². The molecule has 5 heteroatoms. The van der Waals surface area contributed by atoms with Crippen LogP contribution in [0.4, 0.5) is 0 Å². The fraction of sp³-hybridized carbons (Fsp3) is 0.364. The van der Waals surface area contributed by atoms with Crippen molar-refractivity contribution < 1.29 is 19.7 Å². The van der Waals surface area contributed by atoms with Crippen LogP contribution in [0, 0.1) is 6.92 Å². The first-order valence-electron chi connectivity index (χ1n) is 4.67. The summed E-state index contributed by atoms with van der Waals surface area (Å²) < 4.78 is 5.23. The molecule has 0 aliphatic carbocycles. The summed E-state index contributed by atoms with van der Waals surface area (Å²) in [6.07, 6.45) is 0. The summed E-state index contributed by atoms with van der Waals surface area (Å²) in [6, 6.07) is 4.97. The number of benzene rings is 1. The van der Waals surface area contributed by atoms with Crippen LogP contribution in [0.25, 0.3) is 0 Å². The van der Waals surface area contributed by atoms with Crippen molar-refractivity contribution in [3.05, 3.63) is 28.8 Å². The van der Waals surface area contributed by atoms with Gasteiger partial charge in [-0.3, -0.25) is 0 Å². The van der Waals surface area contributed by atoms with E-state index in [1.165, 1.54) is 6.92 Å². The molecule has 0 saturated heterocycles.